The van der Waals surface area contributed by atoms with Crippen LogP contribution in [0.5, 0.6) is 0 Å². The minimum Gasteiger partial charge on any atom is -0.392 e. The van der Waals surface area contributed by atoms with Crippen molar-refractivity contribution >= 4 is 5.82 Å². The fourth-order valence-corrected chi connectivity index (χ4v) is 3.81. The van der Waals surface area contributed by atoms with Gasteiger partial charge in [-0.3, -0.25) is 0 Å². The van der Waals surface area contributed by atoms with Gasteiger partial charge in [0.05, 0.1) is 6.61 Å². The number of aromatic nitrogens is 1. The van der Waals surface area contributed by atoms with Gasteiger partial charge in [0, 0.05) is 18.3 Å². The Bertz CT molecular complexity index is 440. The molecule has 1 saturated heterocycles. The van der Waals surface area contributed by atoms with Gasteiger partial charge in [-0.25, -0.2) is 4.98 Å². The van der Waals surface area contributed by atoms with E-state index in [4.69, 9.17) is 4.98 Å². The van der Waals surface area contributed by atoms with E-state index in [0.29, 0.717) is 6.04 Å². The van der Waals surface area contributed by atoms with Gasteiger partial charge in [-0.2, -0.15) is 0 Å². The zero-order valence-corrected chi connectivity index (χ0v) is 11.8. The van der Waals surface area contributed by atoms with Crippen molar-refractivity contribution in [2.24, 2.45) is 5.92 Å². The van der Waals surface area contributed by atoms with Crippen LogP contribution in [-0.2, 0) is 6.61 Å². The first-order valence-corrected chi connectivity index (χ1v) is 7.63. The molecule has 2 aliphatic rings. The van der Waals surface area contributed by atoms with Gasteiger partial charge in [0.25, 0.3) is 0 Å². The summed E-state index contributed by atoms with van der Waals surface area (Å²) in [5.41, 5.74) is 1.91. The second kappa shape index (κ2) is 5.49. The van der Waals surface area contributed by atoms with E-state index in [1.807, 2.05) is 13.0 Å². The Labute approximate surface area is 115 Å². The van der Waals surface area contributed by atoms with E-state index in [-0.39, 0.29) is 6.61 Å². The first-order valence-electron chi connectivity index (χ1n) is 7.63. The van der Waals surface area contributed by atoms with Crippen molar-refractivity contribution in [2.75, 3.05) is 11.4 Å². The molecule has 1 atom stereocenters. The fraction of sp³-hybridized carbons (Fsp3) is 0.688. The molecule has 0 amide bonds. The predicted octanol–water partition coefficient (Wildman–Crippen LogP) is 3.04. The Morgan fingerprint density at radius 3 is 2.68 bits per heavy atom. The topological polar surface area (TPSA) is 36.4 Å². The maximum absolute atomic E-state index is 9.25. The SMILES string of the molecule is Cc1nc(N2CCCC2C2CCCC2)ccc1CO. The molecule has 1 saturated carbocycles. The van der Waals surface area contributed by atoms with E-state index in [1.165, 1.54) is 38.5 Å². The van der Waals surface area contributed by atoms with Gasteiger partial charge >= 0.3 is 0 Å². The summed E-state index contributed by atoms with van der Waals surface area (Å²) >= 11 is 0. The molecule has 1 N–H and O–H groups in total. The largest absolute Gasteiger partial charge is 0.392 e. The summed E-state index contributed by atoms with van der Waals surface area (Å²) < 4.78 is 0. The maximum atomic E-state index is 9.25. The zero-order chi connectivity index (χ0) is 13.2. The molecule has 0 spiro atoms. The highest BCUT2D eigenvalue weighted by atomic mass is 16.3. The lowest BCUT2D eigenvalue weighted by molar-refractivity contribution is 0.280. The number of aliphatic hydroxyl groups is 1. The zero-order valence-electron chi connectivity index (χ0n) is 11.8. The molecule has 1 aliphatic carbocycles. The van der Waals surface area contributed by atoms with Gasteiger partial charge in [0.15, 0.2) is 0 Å². The van der Waals surface area contributed by atoms with Gasteiger partial charge in [-0.1, -0.05) is 18.9 Å². The van der Waals surface area contributed by atoms with Gasteiger partial charge in [0.2, 0.25) is 0 Å². The summed E-state index contributed by atoms with van der Waals surface area (Å²) in [6.45, 7) is 3.23. The van der Waals surface area contributed by atoms with E-state index in [9.17, 15) is 5.11 Å². The standard InChI is InChI=1S/C16H24N2O/c1-12-14(11-19)8-9-16(17-12)18-10-4-7-15(18)13-5-2-3-6-13/h8-9,13,15,19H,2-7,10-11H2,1H3. The smallest absolute Gasteiger partial charge is 0.129 e. The molecule has 1 aromatic heterocycles. The highest BCUT2D eigenvalue weighted by Crippen LogP contribution is 2.37. The van der Waals surface area contributed by atoms with Crippen LogP contribution < -0.4 is 4.90 Å². The van der Waals surface area contributed by atoms with Crippen LogP contribution in [0, 0.1) is 12.8 Å². The van der Waals surface area contributed by atoms with Crippen LogP contribution in [0.15, 0.2) is 12.1 Å². The van der Waals surface area contributed by atoms with Crippen LogP contribution in [0.4, 0.5) is 5.82 Å². The molecular formula is C16H24N2O. The van der Waals surface area contributed by atoms with Crippen molar-refractivity contribution in [3.8, 4) is 0 Å². The van der Waals surface area contributed by atoms with Gasteiger partial charge in [-0.05, 0) is 50.2 Å². The quantitative estimate of drug-likeness (QED) is 0.907. The molecule has 3 rings (SSSR count). The molecular weight excluding hydrogens is 236 g/mol. The number of pyridine rings is 1. The summed E-state index contributed by atoms with van der Waals surface area (Å²) in [4.78, 5) is 7.23. The van der Waals surface area contributed by atoms with Crippen LogP contribution in [0.3, 0.4) is 0 Å². The second-order valence-electron chi connectivity index (χ2n) is 6.02. The lowest BCUT2D eigenvalue weighted by atomic mass is 9.96. The number of aryl methyl sites for hydroxylation is 1. The molecule has 3 heteroatoms. The Hall–Kier alpha value is -1.09. The molecule has 2 heterocycles. The molecule has 2 fully saturated rings. The van der Waals surface area contributed by atoms with E-state index in [2.05, 4.69) is 11.0 Å². The van der Waals surface area contributed by atoms with Crippen molar-refractivity contribution in [2.45, 2.75) is 58.1 Å². The molecule has 19 heavy (non-hydrogen) atoms. The molecule has 104 valence electrons. The predicted molar refractivity (Wildman–Crippen MR) is 77.2 cm³/mol. The summed E-state index contributed by atoms with van der Waals surface area (Å²) in [5, 5.41) is 9.25. The summed E-state index contributed by atoms with van der Waals surface area (Å²) in [6, 6.07) is 4.82. The fourth-order valence-electron chi connectivity index (χ4n) is 3.81. The Morgan fingerprint density at radius 1 is 1.21 bits per heavy atom. The van der Waals surface area contributed by atoms with Crippen LogP contribution in [0.1, 0.15) is 49.8 Å². The van der Waals surface area contributed by atoms with Crippen LogP contribution in [0.25, 0.3) is 0 Å². The number of nitrogens with zero attached hydrogens (tertiary/aromatic N) is 2. The second-order valence-corrected chi connectivity index (χ2v) is 6.02. The molecule has 0 aromatic carbocycles. The molecule has 1 aliphatic heterocycles. The molecule has 3 nitrogen and oxygen atoms in total. The van der Waals surface area contributed by atoms with Crippen molar-refractivity contribution in [3.63, 3.8) is 0 Å². The first kappa shape index (κ1) is 12.9. The Balaban J connectivity index is 1.81. The van der Waals surface area contributed by atoms with Crippen molar-refractivity contribution < 1.29 is 5.11 Å². The van der Waals surface area contributed by atoms with Gasteiger partial charge in [-0.15, -0.1) is 0 Å². The average molecular weight is 260 g/mol. The Morgan fingerprint density at radius 2 is 2.00 bits per heavy atom. The lowest BCUT2D eigenvalue weighted by Crippen LogP contribution is -2.35. The van der Waals surface area contributed by atoms with E-state index in [0.717, 1.165) is 29.5 Å². The third-order valence-corrected chi connectivity index (χ3v) is 4.89. The number of anilines is 1. The van der Waals surface area contributed by atoms with Crippen LogP contribution in [0.2, 0.25) is 0 Å². The number of rotatable bonds is 3. The number of aliphatic hydroxyl groups excluding tert-OH is 1. The molecule has 1 unspecified atom stereocenters. The first-order chi connectivity index (χ1) is 9.29. The van der Waals surface area contributed by atoms with Crippen molar-refractivity contribution in [1.82, 2.24) is 4.98 Å². The average Bonchev–Trinajstić information content (AvgIpc) is 3.09. The van der Waals surface area contributed by atoms with Crippen molar-refractivity contribution in [3.05, 3.63) is 23.4 Å². The summed E-state index contributed by atoms with van der Waals surface area (Å²) in [6.07, 6.45) is 8.23. The number of hydrogen-bond donors (Lipinski definition) is 1. The highest BCUT2D eigenvalue weighted by molar-refractivity contribution is 5.44. The Kier molecular flexibility index (Phi) is 3.74. The minimum atomic E-state index is 0.0885. The van der Waals surface area contributed by atoms with Crippen LogP contribution >= 0.6 is 0 Å². The van der Waals surface area contributed by atoms with E-state index in [1.54, 1.807) is 0 Å². The molecule has 1 aromatic rings. The normalized spacial score (nSPS) is 24.3. The van der Waals surface area contributed by atoms with E-state index < -0.39 is 0 Å². The lowest BCUT2D eigenvalue weighted by Gasteiger charge is -2.30. The third-order valence-electron chi connectivity index (χ3n) is 4.89. The highest BCUT2D eigenvalue weighted by Gasteiger charge is 2.33. The third kappa shape index (κ3) is 2.48. The van der Waals surface area contributed by atoms with E-state index >= 15 is 0 Å². The van der Waals surface area contributed by atoms with Gasteiger partial charge < -0.3 is 10.0 Å². The summed E-state index contributed by atoms with van der Waals surface area (Å²) in [7, 11) is 0. The molecule has 0 radical (unpaired) electrons. The minimum absolute atomic E-state index is 0.0885. The monoisotopic (exact) mass is 260 g/mol. The number of hydrogen-bond acceptors (Lipinski definition) is 3. The maximum Gasteiger partial charge on any atom is 0.129 e. The van der Waals surface area contributed by atoms with Gasteiger partial charge in [0.1, 0.15) is 5.82 Å². The molecule has 0 bridgehead atoms. The van der Waals surface area contributed by atoms with Crippen LogP contribution in [-0.4, -0.2) is 22.7 Å². The summed E-state index contributed by atoms with van der Waals surface area (Å²) in [5.74, 6) is 1.99. The van der Waals surface area contributed by atoms with Crippen molar-refractivity contribution in [1.29, 1.82) is 0 Å².